The Morgan fingerprint density at radius 2 is 1.85 bits per heavy atom. The van der Waals surface area contributed by atoms with Gasteiger partial charge in [0.25, 0.3) is 0 Å². The number of aromatic amines is 1. The third-order valence-electron chi connectivity index (χ3n) is 4.41. The van der Waals surface area contributed by atoms with Gasteiger partial charge in [-0.15, -0.1) is 5.10 Å². The summed E-state index contributed by atoms with van der Waals surface area (Å²) < 4.78 is 1.77. The molecule has 0 amide bonds. The number of aryl methyl sites for hydroxylation is 1. The van der Waals surface area contributed by atoms with Crippen LogP contribution in [-0.2, 0) is 13.0 Å². The molecule has 2 aromatic heterocycles. The molecule has 0 saturated heterocycles. The second-order valence-electron chi connectivity index (χ2n) is 6.38. The van der Waals surface area contributed by atoms with Crippen molar-refractivity contribution in [2.45, 2.75) is 32.7 Å². The van der Waals surface area contributed by atoms with Crippen LogP contribution in [-0.4, -0.2) is 35.4 Å². The first-order chi connectivity index (χ1) is 13.3. The second kappa shape index (κ2) is 7.90. The van der Waals surface area contributed by atoms with Crippen molar-refractivity contribution in [2.75, 3.05) is 0 Å². The number of rotatable bonds is 7. The lowest BCUT2D eigenvalue weighted by molar-refractivity contribution is 0.657. The summed E-state index contributed by atoms with van der Waals surface area (Å²) >= 11 is 0. The molecule has 0 fully saturated rings. The van der Waals surface area contributed by atoms with Gasteiger partial charge in [0.1, 0.15) is 0 Å². The summed E-state index contributed by atoms with van der Waals surface area (Å²) in [5.41, 5.74) is 4.31. The standard InChI is InChI=1S/C20H20N7/c1-2-3-8-19-21-14-27(24-19)13-15-9-11-16(12-10-15)17-6-4-5-7-18(17)20-22-25-26-23-20/h4-7,9-12H,2-3,8,13H2,1H3,(H,22,23,25,26). The van der Waals surface area contributed by atoms with Crippen LogP contribution in [0.3, 0.4) is 0 Å². The van der Waals surface area contributed by atoms with E-state index in [1.807, 2.05) is 18.2 Å². The Morgan fingerprint density at radius 3 is 2.59 bits per heavy atom. The first-order valence-electron chi connectivity index (χ1n) is 9.07. The molecular formula is C20H20N7. The van der Waals surface area contributed by atoms with Crippen LogP contribution in [0, 0.1) is 6.33 Å². The fraction of sp³-hybridized carbons (Fsp3) is 0.250. The fourth-order valence-electron chi connectivity index (χ4n) is 2.99. The van der Waals surface area contributed by atoms with Crippen molar-refractivity contribution in [1.29, 1.82) is 0 Å². The van der Waals surface area contributed by atoms with Crippen LogP contribution in [0.5, 0.6) is 0 Å². The molecule has 0 saturated carbocycles. The highest BCUT2D eigenvalue weighted by Crippen LogP contribution is 2.29. The summed E-state index contributed by atoms with van der Waals surface area (Å²) in [5.74, 6) is 1.52. The minimum absolute atomic E-state index is 0.659. The van der Waals surface area contributed by atoms with Crippen molar-refractivity contribution < 1.29 is 0 Å². The molecule has 0 spiro atoms. The number of aromatic nitrogens is 7. The van der Waals surface area contributed by atoms with Gasteiger partial charge in [0.05, 0.1) is 6.54 Å². The minimum atomic E-state index is 0.659. The largest absolute Gasteiger partial charge is 0.239 e. The van der Waals surface area contributed by atoms with Crippen molar-refractivity contribution in [3.63, 3.8) is 0 Å². The van der Waals surface area contributed by atoms with Gasteiger partial charge < -0.3 is 0 Å². The minimum Gasteiger partial charge on any atom is -0.239 e. The highest BCUT2D eigenvalue weighted by Gasteiger charge is 2.10. The SMILES string of the molecule is CCCCc1n[c]n(Cc2ccc(-c3ccccc3-c3nnn[nH]3)cc2)n1. The van der Waals surface area contributed by atoms with E-state index in [4.69, 9.17) is 0 Å². The summed E-state index contributed by atoms with van der Waals surface area (Å²) in [6.07, 6.45) is 6.12. The number of hydrogen-bond donors (Lipinski definition) is 1. The lowest BCUT2D eigenvalue weighted by atomic mass is 9.98. The van der Waals surface area contributed by atoms with Crippen LogP contribution in [0.4, 0.5) is 0 Å². The van der Waals surface area contributed by atoms with Crippen LogP contribution in [0.25, 0.3) is 22.5 Å². The van der Waals surface area contributed by atoms with Gasteiger partial charge >= 0.3 is 0 Å². The molecule has 27 heavy (non-hydrogen) atoms. The number of tetrazole rings is 1. The van der Waals surface area contributed by atoms with E-state index in [-0.39, 0.29) is 0 Å². The molecule has 1 N–H and O–H groups in total. The number of hydrogen-bond acceptors (Lipinski definition) is 5. The van der Waals surface area contributed by atoms with E-state index in [1.165, 1.54) is 0 Å². The molecule has 1 radical (unpaired) electrons. The van der Waals surface area contributed by atoms with E-state index in [0.717, 1.165) is 47.3 Å². The third kappa shape index (κ3) is 3.92. The average molecular weight is 358 g/mol. The molecule has 4 aromatic rings. The van der Waals surface area contributed by atoms with Crippen LogP contribution in [0.1, 0.15) is 31.2 Å². The maximum Gasteiger partial charge on any atom is 0.196 e. The molecule has 0 aliphatic heterocycles. The zero-order valence-electron chi connectivity index (χ0n) is 15.1. The number of unbranched alkanes of at least 4 members (excludes halogenated alkanes) is 1. The predicted octanol–water partition coefficient (Wildman–Crippen LogP) is 3.32. The molecule has 7 nitrogen and oxygen atoms in total. The lowest BCUT2D eigenvalue weighted by Crippen LogP contribution is -2.01. The van der Waals surface area contributed by atoms with Gasteiger partial charge in [0.15, 0.2) is 18.0 Å². The number of H-pyrrole nitrogens is 1. The van der Waals surface area contributed by atoms with Crippen molar-refractivity contribution >= 4 is 0 Å². The Hall–Kier alpha value is -3.35. The molecule has 135 valence electrons. The van der Waals surface area contributed by atoms with E-state index < -0.39 is 0 Å². The highest BCUT2D eigenvalue weighted by molar-refractivity contribution is 5.80. The van der Waals surface area contributed by atoms with Gasteiger partial charge in [-0.1, -0.05) is 61.9 Å². The maximum absolute atomic E-state index is 4.50. The lowest BCUT2D eigenvalue weighted by Gasteiger charge is -2.08. The van der Waals surface area contributed by atoms with Gasteiger partial charge in [-0.3, -0.25) is 0 Å². The van der Waals surface area contributed by atoms with E-state index in [9.17, 15) is 0 Å². The predicted molar refractivity (Wildman–Crippen MR) is 102 cm³/mol. The highest BCUT2D eigenvalue weighted by atomic mass is 15.5. The second-order valence-corrected chi connectivity index (χ2v) is 6.38. The zero-order valence-corrected chi connectivity index (χ0v) is 15.1. The van der Waals surface area contributed by atoms with E-state index in [1.54, 1.807) is 4.68 Å². The van der Waals surface area contributed by atoms with Crippen molar-refractivity contribution in [3.05, 3.63) is 66.2 Å². The van der Waals surface area contributed by atoms with Crippen LogP contribution < -0.4 is 0 Å². The maximum atomic E-state index is 4.50. The Morgan fingerprint density at radius 1 is 1.04 bits per heavy atom. The first-order valence-corrected chi connectivity index (χ1v) is 9.07. The summed E-state index contributed by atoms with van der Waals surface area (Å²) in [6, 6.07) is 16.5. The molecule has 4 rings (SSSR count). The molecule has 0 bridgehead atoms. The summed E-state index contributed by atoms with van der Waals surface area (Å²) in [6.45, 7) is 2.83. The van der Waals surface area contributed by atoms with Crippen molar-refractivity contribution in [1.82, 2.24) is 35.4 Å². The average Bonchev–Trinajstić information content (AvgIpc) is 3.39. The Kier molecular flexibility index (Phi) is 5.00. The van der Waals surface area contributed by atoms with Crippen LogP contribution >= 0.6 is 0 Å². The number of nitrogens with one attached hydrogen (secondary N) is 1. The number of benzene rings is 2. The molecule has 0 aliphatic carbocycles. The molecule has 0 atom stereocenters. The molecule has 0 aliphatic rings. The number of nitrogens with zero attached hydrogens (tertiary/aromatic N) is 6. The van der Waals surface area contributed by atoms with Gasteiger partial charge in [-0.2, -0.15) is 5.10 Å². The van der Waals surface area contributed by atoms with Crippen LogP contribution in [0.15, 0.2) is 48.5 Å². The molecule has 2 aromatic carbocycles. The Balaban J connectivity index is 1.52. The van der Waals surface area contributed by atoms with Gasteiger partial charge in [-0.25, -0.2) is 14.8 Å². The van der Waals surface area contributed by atoms with Crippen molar-refractivity contribution in [2.24, 2.45) is 0 Å². The third-order valence-corrected chi connectivity index (χ3v) is 4.41. The zero-order chi connectivity index (χ0) is 18.5. The molecule has 7 heteroatoms. The van der Waals surface area contributed by atoms with E-state index in [0.29, 0.717) is 12.4 Å². The van der Waals surface area contributed by atoms with Gasteiger partial charge in [-0.05, 0) is 33.5 Å². The first kappa shape index (κ1) is 17.1. The van der Waals surface area contributed by atoms with Gasteiger partial charge in [0.2, 0.25) is 0 Å². The summed E-state index contributed by atoms with van der Waals surface area (Å²) in [5, 5.41) is 18.7. The normalized spacial score (nSPS) is 11.0. The fourth-order valence-corrected chi connectivity index (χ4v) is 2.99. The Bertz CT molecular complexity index is 987. The smallest absolute Gasteiger partial charge is 0.196 e. The molecule has 2 heterocycles. The molecule has 0 unspecified atom stereocenters. The van der Waals surface area contributed by atoms with Crippen molar-refractivity contribution in [3.8, 4) is 22.5 Å². The summed E-state index contributed by atoms with van der Waals surface area (Å²) in [4.78, 5) is 4.26. The quantitative estimate of drug-likeness (QED) is 0.548. The van der Waals surface area contributed by atoms with E-state index >= 15 is 0 Å². The Labute approximate surface area is 157 Å². The molecular weight excluding hydrogens is 338 g/mol. The topological polar surface area (TPSA) is 85.2 Å². The van der Waals surface area contributed by atoms with E-state index in [2.05, 4.69) is 74.3 Å². The van der Waals surface area contributed by atoms with Crippen LogP contribution in [0.2, 0.25) is 0 Å². The van der Waals surface area contributed by atoms with Gasteiger partial charge in [0, 0.05) is 12.0 Å². The monoisotopic (exact) mass is 358 g/mol. The summed E-state index contributed by atoms with van der Waals surface area (Å²) in [7, 11) is 0.